The van der Waals surface area contributed by atoms with Crippen molar-refractivity contribution in [3.8, 4) is 23.0 Å². The molecule has 3 aromatic rings. The number of phenolic OH excluding ortho intramolecular Hbond substituents is 1. The largest absolute Gasteiger partial charge is 0.504 e. The maximum absolute atomic E-state index is 13.2. The molecule has 0 heterocycles. The minimum absolute atomic E-state index is 0.0334. The number of halogens is 4. The van der Waals surface area contributed by atoms with Gasteiger partial charge in [-0.05, 0) is 61.5 Å². The van der Waals surface area contributed by atoms with Crippen LogP contribution in [0.1, 0.15) is 18.1 Å². The topological polar surface area (TPSA) is 51.0 Å². The predicted molar refractivity (Wildman–Crippen MR) is 112 cm³/mol. The highest BCUT2D eigenvalue weighted by Crippen LogP contribution is 2.39. The van der Waals surface area contributed by atoms with E-state index in [1.54, 1.807) is 49.4 Å². The molecule has 3 aromatic carbocycles. The van der Waals surface area contributed by atoms with E-state index in [9.17, 15) is 18.3 Å². The van der Waals surface area contributed by atoms with Crippen molar-refractivity contribution in [1.82, 2.24) is 0 Å². The molecule has 0 aliphatic heterocycles. The molecular weight excluding hydrogens is 463 g/mol. The summed E-state index contributed by atoms with van der Waals surface area (Å²) < 4.78 is 51.4. The fourth-order valence-electron chi connectivity index (χ4n) is 2.57. The van der Waals surface area contributed by atoms with Crippen LogP contribution in [0.25, 0.3) is 0 Å². The number of benzene rings is 3. The van der Waals surface area contributed by atoms with E-state index in [0.29, 0.717) is 17.9 Å². The summed E-state index contributed by atoms with van der Waals surface area (Å²) in [6, 6.07) is 14.7. The second-order valence-electron chi connectivity index (χ2n) is 6.12. The molecule has 8 heteroatoms. The average Bonchev–Trinajstić information content (AvgIpc) is 2.70. The lowest BCUT2D eigenvalue weighted by Crippen LogP contribution is -2.04. The molecule has 0 fully saturated rings. The van der Waals surface area contributed by atoms with Crippen molar-refractivity contribution in [2.75, 3.05) is 6.61 Å². The summed E-state index contributed by atoms with van der Waals surface area (Å²) in [5.74, 6) is 0.694. The molecule has 0 aliphatic carbocycles. The maximum atomic E-state index is 13.2. The van der Waals surface area contributed by atoms with Gasteiger partial charge in [-0.25, -0.2) is 0 Å². The molecule has 0 saturated carbocycles. The zero-order valence-electron chi connectivity index (χ0n) is 15.8. The van der Waals surface area contributed by atoms with E-state index in [2.05, 4.69) is 20.9 Å². The third kappa shape index (κ3) is 5.33. The van der Waals surface area contributed by atoms with Crippen LogP contribution in [0, 0.1) is 0 Å². The molecule has 0 bridgehead atoms. The van der Waals surface area contributed by atoms with Crippen molar-refractivity contribution >= 4 is 27.8 Å². The average molecular weight is 480 g/mol. The molecule has 0 unspecified atom stereocenters. The molecule has 3 rings (SSSR count). The number of hydrogen-bond acceptors (Lipinski definition) is 4. The minimum atomic E-state index is -4.53. The quantitative estimate of drug-likeness (QED) is 0.383. The summed E-state index contributed by atoms with van der Waals surface area (Å²) in [4.78, 5) is 4.15. The Labute approximate surface area is 179 Å². The number of ether oxygens (including phenoxy) is 2. The normalized spacial score (nSPS) is 11.6. The number of alkyl halides is 3. The Morgan fingerprint density at radius 1 is 1.03 bits per heavy atom. The van der Waals surface area contributed by atoms with Gasteiger partial charge in [0.15, 0.2) is 17.2 Å². The van der Waals surface area contributed by atoms with Gasteiger partial charge in [0, 0.05) is 16.3 Å². The second kappa shape index (κ2) is 9.21. The SMILES string of the molecule is CCOc1cccc(C=Nc2cc(C(F)(F)F)ccc2Oc2ccc(Br)cc2)c1O. The first kappa shape index (κ1) is 21.7. The fourth-order valence-corrected chi connectivity index (χ4v) is 2.83. The summed E-state index contributed by atoms with van der Waals surface area (Å²) in [5.41, 5.74) is -0.591. The molecule has 156 valence electrons. The van der Waals surface area contributed by atoms with Crippen molar-refractivity contribution in [2.24, 2.45) is 4.99 Å². The summed E-state index contributed by atoms with van der Waals surface area (Å²) in [5, 5.41) is 10.3. The molecular formula is C22H17BrF3NO3. The summed E-state index contributed by atoms with van der Waals surface area (Å²) >= 11 is 3.31. The maximum Gasteiger partial charge on any atom is 0.416 e. The predicted octanol–water partition coefficient (Wildman–Crippen LogP) is 7.12. The van der Waals surface area contributed by atoms with Crippen molar-refractivity contribution < 1.29 is 27.8 Å². The van der Waals surface area contributed by atoms with Crippen molar-refractivity contribution in [2.45, 2.75) is 13.1 Å². The molecule has 0 amide bonds. The van der Waals surface area contributed by atoms with Gasteiger partial charge in [0.05, 0.1) is 12.2 Å². The van der Waals surface area contributed by atoms with Gasteiger partial charge < -0.3 is 14.6 Å². The molecule has 0 spiro atoms. The summed E-state index contributed by atoms with van der Waals surface area (Å²) in [6.45, 7) is 2.13. The number of nitrogens with zero attached hydrogens (tertiary/aromatic N) is 1. The number of rotatable bonds is 6. The second-order valence-corrected chi connectivity index (χ2v) is 7.04. The van der Waals surface area contributed by atoms with Gasteiger partial charge >= 0.3 is 6.18 Å². The van der Waals surface area contributed by atoms with Crippen LogP contribution in [0.5, 0.6) is 23.0 Å². The Kier molecular flexibility index (Phi) is 6.66. The zero-order chi connectivity index (χ0) is 21.7. The monoisotopic (exact) mass is 479 g/mol. The van der Waals surface area contributed by atoms with Crippen LogP contribution in [0.4, 0.5) is 18.9 Å². The minimum Gasteiger partial charge on any atom is -0.504 e. The van der Waals surface area contributed by atoms with Crippen LogP contribution in [0.15, 0.2) is 70.1 Å². The Balaban J connectivity index is 1.99. The highest BCUT2D eigenvalue weighted by atomic mass is 79.9. The first-order valence-electron chi connectivity index (χ1n) is 8.91. The lowest BCUT2D eigenvalue weighted by Gasteiger charge is -2.12. The van der Waals surface area contributed by atoms with Crippen LogP contribution in [-0.2, 0) is 6.18 Å². The van der Waals surface area contributed by atoms with Gasteiger partial charge in [-0.2, -0.15) is 13.2 Å². The Hall–Kier alpha value is -3.00. The molecule has 4 nitrogen and oxygen atoms in total. The lowest BCUT2D eigenvalue weighted by atomic mass is 10.1. The third-order valence-corrected chi connectivity index (χ3v) is 4.53. The summed E-state index contributed by atoms with van der Waals surface area (Å²) in [7, 11) is 0. The van der Waals surface area contributed by atoms with Gasteiger partial charge in [-0.15, -0.1) is 0 Å². The first-order valence-corrected chi connectivity index (χ1v) is 9.70. The van der Waals surface area contributed by atoms with E-state index in [0.717, 1.165) is 16.6 Å². The van der Waals surface area contributed by atoms with Crippen molar-refractivity contribution in [1.29, 1.82) is 0 Å². The number of aromatic hydroxyl groups is 1. The van der Waals surface area contributed by atoms with Crippen molar-refractivity contribution in [3.05, 3.63) is 76.3 Å². The van der Waals surface area contributed by atoms with Crippen LogP contribution in [0.3, 0.4) is 0 Å². The van der Waals surface area contributed by atoms with E-state index in [-0.39, 0.29) is 22.9 Å². The highest BCUT2D eigenvalue weighted by Gasteiger charge is 2.31. The van der Waals surface area contributed by atoms with Gasteiger partial charge in [0.25, 0.3) is 0 Å². The number of aliphatic imine (C=N–C) groups is 1. The Bertz CT molecular complexity index is 1050. The summed E-state index contributed by atoms with van der Waals surface area (Å²) in [6.07, 6.45) is -3.26. The number of para-hydroxylation sites is 1. The van der Waals surface area contributed by atoms with Crippen LogP contribution in [0.2, 0.25) is 0 Å². The Morgan fingerprint density at radius 3 is 2.43 bits per heavy atom. The van der Waals surface area contributed by atoms with E-state index < -0.39 is 11.7 Å². The van der Waals surface area contributed by atoms with Crippen LogP contribution < -0.4 is 9.47 Å². The van der Waals surface area contributed by atoms with E-state index in [1.807, 2.05) is 0 Å². The molecule has 30 heavy (non-hydrogen) atoms. The third-order valence-electron chi connectivity index (χ3n) is 4.00. The smallest absolute Gasteiger partial charge is 0.416 e. The Morgan fingerprint density at radius 2 is 1.77 bits per heavy atom. The van der Waals surface area contributed by atoms with Gasteiger partial charge in [-0.3, -0.25) is 4.99 Å². The molecule has 0 aromatic heterocycles. The molecule has 0 saturated heterocycles. The number of phenols is 1. The van der Waals surface area contributed by atoms with Crippen LogP contribution in [-0.4, -0.2) is 17.9 Å². The fraction of sp³-hybridized carbons (Fsp3) is 0.136. The van der Waals surface area contributed by atoms with Gasteiger partial charge in [0.2, 0.25) is 0 Å². The van der Waals surface area contributed by atoms with Gasteiger partial charge in [-0.1, -0.05) is 22.0 Å². The van der Waals surface area contributed by atoms with Crippen LogP contribution >= 0.6 is 15.9 Å². The van der Waals surface area contributed by atoms with E-state index in [1.165, 1.54) is 12.3 Å². The van der Waals surface area contributed by atoms with Crippen molar-refractivity contribution in [3.63, 3.8) is 0 Å². The first-order chi connectivity index (χ1) is 14.3. The lowest BCUT2D eigenvalue weighted by molar-refractivity contribution is -0.137. The molecule has 0 aliphatic rings. The zero-order valence-corrected chi connectivity index (χ0v) is 17.4. The van der Waals surface area contributed by atoms with E-state index in [4.69, 9.17) is 9.47 Å². The number of hydrogen-bond donors (Lipinski definition) is 1. The highest BCUT2D eigenvalue weighted by molar-refractivity contribution is 9.10. The van der Waals surface area contributed by atoms with Gasteiger partial charge in [0.1, 0.15) is 11.4 Å². The van der Waals surface area contributed by atoms with E-state index >= 15 is 0 Å². The molecule has 1 N–H and O–H groups in total. The standard InChI is InChI=1S/C22H17BrF3NO3/c1-2-29-20-5-3-4-14(21(20)28)13-27-18-12-15(22(24,25)26)6-11-19(18)30-17-9-7-16(23)8-10-17/h3-13,28H,2H2,1H3. The molecule has 0 radical (unpaired) electrons. The molecule has 0 atom stereocenters.